The number of allylic oxidation sites excluding steroid dienone is 2. The van der Waals surface area contributed by atoms with Gasteiger partial charge in [0.05, 0.1) is 0 Å². The monoisotopic (exact) mass is 275 g/mol. The van der Waals surface area contributed by atoms with Gasteiger partial charge in [-0.2, -0.15) is 0 Å². The van der Waals surface area contributed by atoms with Gasteiger partial charge in [-0.05, 0) is 50.4 Å². The minimum atomic E-state index is -0.114. The molecule has 2 heteroatoms. The first kappa shape index (κ1) is 14.2. The van der Waals surface area contributed by atoms with Crippen LogP contribution in [0.1, 0.15) is 65.2 Å². The lowest BCUT2D eigenvalue weighted by Gasteiger charge is -2.43. The predicted molar refractivity (Wildman–Crippen MR) is 82.4 cm³/mol. The van der Waals surface area contributed by atoms with E-state index in [2.05, 4.69) is 24.8 Å². The first-order chi connectivity index (χ1) is 9.57. The van der Waals surface area contributed by atoms with Crippen LogP contribution in [0.25, 0.3) is 0 Å². The van der Waals surface area contributed by atoms with Crippen molar-refractivity contribution >= 4 is 5.91 Å². The van der Waals surface area contributed by atoms with Crippen LogP contribution in [-0.2, 0) is 4.79 Å². The van der Waals surface area contributed by atoms with E-state index in [0.29, 0.717) is 11.8 Å². The summed E-state index contributed by atoms with van der Waals surface area (Å²) in [5.74, 6) is 1.79. The molecule has 20 heavy (non-hydrogen) atoms. The third-order valence-corrected chi connectivity index (χ3v) is 5.54. The molecular formula is C18H29NO. The van der Waals surface area contributed by atoms with Gasteiger partial charge in [0.1, 0.15) is 0 Å². The highest BCUT2D eigenvalue weighted by Crippen LogP contribution is 2.48. The summed E-state index contributed by atoms with van der Waals surface area (Å²) in [5, 5.41) is 0. The van der Waals surface area contributed by atoms with Crippen molar-refractivity contribution in [3.8, 4) is 0 Å². The molecule has 1 heterocycles. The smallest absolute Gasteiger partial charge is 0.228 e. The second kappa shape index (κ2) is 5.54. The molecule has 2 unspecified atom stereocenters. The highest BCUT2D eigenvalue weighted by atomic mass is 16.2. The topological polar surface area (TPSA) is 20.3 Å². The largest absolute Gasteiger partial charge is 0.342 e. The maximum absolute atomic E-state index is 13.1. The van der Waals surface area contributed by atoms with E-state index in [1.807, 2.05) is 0 Å². The molecule has 0 spiro atoms. The van der Waals surface area contributed by atoms with Crippen LogP contribution in [0.5, 0.6) is 0 Å². The fourth-order valence-corrected chi connectivity index (χ4v) is 4.68. The Kier molecular flexibility index (Phi) is 3.92. The number of fused-ring (bicyclic) bond motifs is 4. The minimum absolute atomic E-state index is 0.114. The van der Waals surface area contributed by atoms with Crippen LogP contribution in [-0.4, -0.2) is 23.9 Å². The van der Waals surface area contributed by atoms with E-state index in [-0.39, 0.29) is 5.41 Å². The molecule has 112 valence electrons. The van der Waals surface area contributed by atoms with Crippen molar-refractivity contribution in [1.29, 1.82) is 0 Å². The molecule has 3 aliphatic carbocycles. The molecule has 2 fully saturated rings. The molecule has 1 aliphatic heterocycles. The van der Waals surface area contributed by atoms with Gasteiger partial charge in [-0.1, -0.05) is 38.3 Å². The van der Waals surface area contributed by atoms with Crippen LogP contribution in [0.4, 0.5) is 0 Å². The van der Waals surface area contributed by atoms with Gasteiger partial charge in [-0.25, -0.2) is 0 Å². The number of amides is 1. The van der Waals surface area contributed by atoms with Gasteiger partial charge in [0.2, 0.25) is 5.91 Å². The Morgan fingerprint density at radius 1 is 1.15 bits per heavy atom. The summed E-state index contributed by atoms with van der Waals surface area (Å²) < 4.78 is 0. The van der Waals surface area contributed by atoms with E-state index in [1.54, 1.807) is 5.57 Å². The Labute approximate surface area is 123 Å². The molecule has 0 aromatic heterocycles. The molecule has 0 N–H and O–H groups in total. The summed E-state index contributed by atoms with van der Waals surface area (Å²) in [4.78, 5) is 15.3. The number of hydrogen-bond donors (Lipinski definition) is 0. The van der Waals surface area contributed by atoms with Gasteiger partial charge in [0, 0.05) is 18.5 Å². The summed E-state index contributed by atoms with van der Waals surface area (Å²) in [5.41, 5.74) is 1.53. The average molecular weight is 275 g/mol. The van der Waals surface area contributed by atoms with Crippen molar-refractivity contribution in [2.45, 2.75) is 65.2 Å². The Bertz CT molecular complexity index is 398. The van der Waals surface area contributed by atoms with Crippen molar-refractivity contribution in [2.24, 2.45) is 17.3 Å². The summed E-state index contributed by atoms with van der Waals surface area (Å²) in [7, 11) is 0. The lowest BCUT2D eigenvalue weighted by Crippen LogP contribution is -2.46. The SMILES string of the molecule is CC1C=C2CC(C2)CC(C)(C(=O)N2CCCCCC2)C1. The number of carbonyl (C=O) groups is 1. The van der Waals surface area contributed by atoms with E-state index in [0.717, 1.165) is 31.8 Å². The Morgan fingerprint density at radius 2 is 1.80 bits per heavy atom. The summed E-state index contributed by atoms with van der Waals surface area (Å²) in [6.07, 6.45) is 12.1. The first-order valence-electron chi connectivity index (χ1n) is 8.56. The van der Waals surface area contributed by atoms with Crippen LogP contribution < -0.4 is 0 Å². The molecule has 2 nitrogen and oxygen atoms in total. The van der Waals surface area contributed by atoms with Crippen molar-refractivity contribution in [2.75, 3.05) is 13.1 Å². The standard InChI is InChI=1S/C18H29NO/c1-14-9-15-10-16(11-15)13-18(2,12-14)17(20)19-7-5-3-4-6-8-19/h9,14,16H,3-8,10-13H2,1-2H3. The van der Waals surface area contributed by atoms with Crippen molar-refractivity contribution in [3.63, 3.8) is 0 Å². The van der Waals surface area contributed by atoms with E-state index in [1.165, 1.54) is 38.5 Å². The minimum Gasteiger partial charge on any atom is -0.342 e. The Hall–Kier alpha value is -0.790. The Balaban J connectivity index is 1.75. The van der Waals surface area contributed by atoms with E-state index < -0.39 is 0 Å². The quantitative estimate of drug-likeness (QED) is 0.658. The van der Waals surface area contributed by atoms with Gasteiger partial charge < -0.3 is 4.90 Å². The number of hydrogen-bond acceptors (Lipinski definition) is 1. The molecule has 1 saturated heterocycles. The molecule has 0 aromatic rings. The molecule has 2 bridgehead atoms. The second-order valence-corrected chi connectivity index (χ2v) is 7.75. The Morgan fingerprint density at radius 3 is 2.45 bits per heavy atom. The summed E-state index contributed by atoms with van der Waals surface area (Å²) >= 11 is 0. The molecule has 1 amide bonds. The average Bonchev–Trinajstić information content (AvgIpc) is 2.61. The van der Waals surface area contributed by atoms with Gasteiger partial charge in [-0.15, -0.1) is 0 Å². The zero-order valence-electron chi connectivity index (χ0n) is 13.2. The number of carbonyl (C=O) groups excluding carboxylic acids is 1. The number of likely N-dealkylation sites (tertiary alicyclic amines) is 1. The highest BCUT2D eigenvalue weighted by Gasteiger charge is 2.43. The van der Waals surface area contributed by atoms with Crippen molar-refractivity contribution in [1.82, 2.24) is 4.90 Å². The predicted octanol–water partition coefficient (Wildman–Crippen LogP) is 4.16. The highest BCUT2D eigenvalue weighted by molar-refractivity contribution is 5.82. The third-order valence-electron chi connectivity index (χ3n) is 5.54. The molecule has 0 aromatic carbocycles. The molecule has 4 rings (SSSR count). The van der Waals surface area contributed by atoms with Crippen LogP contribution in [0.3, 0.4) is 0 Å². The fraction of sp³-hybridized carbons (Fsp3) is 0.833. The van der Waals surface area contributed by atoms with Gasteiger partial charge in [-0.3, -0.25) is 4.79 Å². The normalized spacial score (nSPS) is 38.1. The summed E-state index contributed by atoms with van der Waals surface area (Å²) in [6.45, 7) is 6.52. The van der Waals surface area contributed by atoms with Gasteiger partial charge in [0.15, 0.2) is 0 Å². The van der Waals surface area contributed by atoms with Crippen LogP contribution >= 0.6 is 0 Å². The van der Waals surface area contributed by atoms with Crippen LogP contribution in [0, 0.1) is 17.3 Å². The molecule has 4 aliphatic rings. The second-order valence-electron chi connectivity index (χ2n) is 7.75. The zero-order valence-corrected chi connectivity index (χ0v) is 13.2. The molecule has 0 radical (unpaired) electrons. The van der Waals surface area contributed by atoms with Gasteiger partial charge in [0.25, 0.3) is 0 Å². The molecule has 2 atom stereocenters. The number of rotatable bonds is 1. The van der Waals surface area contributed by atoms with Crippen molar-refractivity contribution < 1.29 is 4.79 Å². The summed E-state index contributed by atoms with van der Waals surface area (Å²) in [6, 6.07) is 0. The van der Waals surface area contributed by atoms with Crippen LogP contribution in [0.2, 0.25) is 0 Å². The van der Waals surface area contributed by atoms with Crippen molar-refractivity contribution in [3.05, 3.63) is 11.6 Å². The number of nitrogens with zero attached hydrogens (tertiary/aromatic N) is 1. The van der Waals surface area contributed by atoms with E-state index >= 15 is 0 Å². The maximum atomic E-state index is 13.1. The third kappa shape index (κ3) is 2.80. The molecular weight excluding hydrogens is 246 g/mol. The fourth-order valence-electron chi connectivity index (χ4n) is 4.68. The van der Waals surface area contributed by atoms with E-state index in [9.17, 15) is 4.79 Å². The molecule has 1 saturated carbocycles. The lowest BCUT2D eigenvalue weighted by molar-refractivity contribution is -0.143. The zero-order chi connectivity index (χ0) is 14.2. The maximum Gasteiger partial charge on any atom is 0.228 e. The van der Waals surface area contributed by atoms with Gasteiger partial charge >= 0.3 is 0 Å². The van der Waals surface area contributed by atoms with E-state index in [4.69, 9.17) is 0 Å². The lowest BCUT2D eigenvalue weighted by atomic mass is 9.63. The first-order valence-corrected chi connectivity index (χ1v) is 8.56. The van der Waals surface area contributed by atoms with Crippen LogP contribution in [0.15, 0.2) is 11.6 Å².